The Bertz CT molecular complexity index is 559. The van der Waals surface area contributed by atoms with E-state index in [1.54, 1.807) is 0 Å². The van der Waals surface area contributed by atoms with Crippen LogP contribution in [0.2, 0.25) is 0 Å². The van der Waals surface area contributed by atoms with Crippen LogP contribution in [-0.2, 0) is 11.3 Å². The second kappa shape index (κ2) is 7.24. The average molecular weight is 329 g/mol. The van der Waals surface area contributed by atoms with E-state index >= 15 is 0 Å². The number of hydrogen-bond donors (Lipinski definition) is 0. The summed E-state index contributed by atoms with van der Waals surface area (Å²) in [6.07, 6.45) is 3.10. The zero-order chi connectivity index (χ0) is 17.2. The van der Waals surface area contributed by atoms with Gasteiger partial charge in [-0.3, -0.25) is 9.69 Å². The molecule has 0 bridgehead atoms. The Balaban J connectivity index is 1.53. The molecule has 1 amide bonds. The van der Waals surface area contributed by atoms with E-state index in [0.717, 1.165) is 58.5 Å². The predicted molar refractivity (Wildman–Crippen MR) is 97.9 cm³/mol. The number of nitrogens with zero attached hydrogens (tertiary/aromatic N) is 3. The summed E-state index contributed by atoms with van der Waals surface area (Å²) < 4.78 is 0. The van der Waals surface area contributed by atoms with E-state index in [0.29, 0.717) is 5.91 Å². The minimum atomic E-state index is -0.0594. The molecular weight excluding hydrogens is 298 g/mol. The summed E-state index contributed by atoms with van der Waals surface area (Å²) in [7, 11) is 4.14. The number of hydrogen-bond acceptors (Lipinski definition) is 3. The molecule has 2 heterocycles. The molecule has 2 aliphatic rings. The Morgan fingerprint density at radius 3 is 2.29 bits per heavy atom. The molecule has 0 saturated carbocycles. The fraction of sp³-hybridized carbons (Fsp3) is 0.650. The van der Waals surface area contributed by atoms with Gasteiger partial charge in [0, 0.05) is 26.2 Å². The summed E-state index contributed by atoms with van der Waals surface area (Å²) in [6.45, 7) is 8.01. The predicted octanol–water partition coefficient (Wildman–Crippen LogP) is 2.37. The van der Waals surface area contributed by atoms with Crippen LogP contribution in [0.3, 0.4) is 0 Å². The van der Waals surface area contributed by atoms with E-state index in [1.807, 2.05) is 0 Å². The molecule has 132 valence electrons. The molecule has 0 atom stereocenters. The molecule has 1 aromatic rings. The number of benzene rings is 1. The smallest absolute Gasteiger partial charge is 0.228 e. The van der Waals surface area contributed by atoms with Crippen molar-refractivity contribution < 1.29 is 4.79 Å². The molecule has 2 aliphatic heterocycles. The van der Waals surface area contributed by atoms with Crippen LogP contribution in [-0.4, -0.2) is 67.4 Å². The number of carbonyl (C=O) groups excluding carboxylic acids is 1. The van der Waals surface area contributed by atoms with Gasteiger partial charge in [-0.2, -0.15) is 0 Å². The van der Waals surface area contributed by atoms with Crippen molar-refractivity contribution in [2.24, 2.45) is 5.41 Å². The van der Waals surface area contributed by atoms with E-state index in [1.165, 1.54) is 11.1 Å². The van der Waals surface area contributed by atoms with Gasteiger partial charge >= 0.3 is 0 Å². The normalized spacial score (nSPS) is 21.2. The molecule has 0 radical (unpaired) electrons. The number of aryl methyl sites for hydroxylation is 1. The van der Waals surface area contributed by atoms with Gasteiger partial charge in [-0.05, 0) is 58.9 Å². The molecule has 4 heteroatoms. The zero-order valence-electron chi connectivity index (χ0n) is 15.4. The topological polar surface area (TPSA) is 26.8 Å². The number of carbonyl (C=O) groups is 1. The van der Waals surface area contributed by atoms with Crippen LogP contribution in [0.1, 0.15) is 30.4 Å². The molecule has 0 unspecified atom stereocenters. The Hall–Kier alpha value is -1.39. The monoisotopic (exact) mass is 329 g/mol. The van der Waals surface area contributed by atoms with Crippen molar-refractivity contribution in [3.63, 3.8) is 0 Å². The van der Waals surface area contributed by atoms with Gasteiger partial charge in [0.15, 0.2) is 0 Å². The molecule has 1 spiro atoms. The molecule has 4 nitrogen and oxygen atoms in total. The van der Waals surface area contributed by atoms with Crippen LogP contribution in [0, 0.1) is 12.3 Å². The van der Waals surface area contributed by atoms with Crippen LogP contribution in [0.5, 0.6) is 0 Å². The third-order valence-corrected chi connectivity index (χ3v) is 5.76. The first-order valence-electron chi connectivity index (χ1n) is 9.21. The lowest BCUT2D eigenvalue weighted by Crippen LogP contribution is -2.45. The maximum atomic E-state index is 12.9. The Kier molecular flexibility index (Phi) is 5.26. The van der Waals surface area contributed by atoms with Crippen LogP contribution >= 0.6 is 0 Å². The second-order valence-corrected chi connectivity index (χ2v) is 7.89. The Morgan fingerprint density at radius 2 is 1.67 bits per heavy atom. The molecule has 2 saturated heterocycles. The molecule has 0 N–H and O–H groups in total. The lowest BCUT2D eigenvalue weighted by molar-refractivity contribution is -0.138. The highest BCUT2D eigenvalue weighted by Crippen LogP contribution is 2.41. The van der Waals surface area contributed by atoms with E-state index in [9.17, 15) is 4.79 Å². The highest BCUT2D eigenvalue weighted by atomic mass is 16.2. The van der Waals surface area contributed by atoms with E-state index in [4.69, 9.17) is 0 Å². The molecule has 2 fully saturated rings. The summed E-state index contributed by atoms with van der Waals surface area (Å²) >= 11 is 0. The van der Waals surface area contributed by atoms with Crippen molar-refractivity contribution in [3.05, 3.63) is 35.4 Å². The summed E-state index contributed by atoms with van der Waals surface area (Å²) in [6, 6.07) is 8.82. The average Bonchev–Trinajstić information content (AvgIpc) is 2.86. The van der Waals surface area contributed by atoms with Gasteiger partial charge in [-0.25, -0.2) is 0 Å². The molecule has 3 rings (SSSR count). The highest BCUT2D eigenvalue weighted by Gasteiger charge is 2.47. The number of likely N-dealkylation sites (tertiary alicyclic amines) is 2. The maximum Gasteiger partial charge on any atom is 0.228 e. The fourth-order valence-corrected chi connectivity index (χ4v) is 3.98. The van der Waals surface area contributed by atoms with E-state index < -0.39 is 0 Å². The third kappa shape index (κ3) is 3.81. The summed E-state index contributed by atoms with van der Waals surface area (Å²) in [5.41, 5.74) is 2.63. The number of piperidine rings is 1. The Labute approximate surface area is 146 Å². The van der Waals surface area contributed by atoms with Crippen molar-refractivity contribution in [2.75, 3.05) is 46.8 Å². The first kappa shape index (κ1) is 17.4. The highest BCUT2D eigenvalue weighted by molar-refractivity contribution is 5.85. The lowest BCUT2D eigenvalue weighted by atomic mass is 9.77. The minimum Gasteiger partial charge on any atom is -0.341 e. The van der Waals surface area contributed by atoms with E-state index in [-0.39, 0.29) is 5.41 Å². The molecular formula is C20H31N3O. The van der Waals surface area contributed by atoms with Gasteiger partial charge in [-0.1, -0.05) is 29.8 Å². The number of amides is 1. The zero-order valence-corrected chi connectivity index (χ0v) is 15.4. The van der Waals surface area contributed by atoms with Crippen LogP contribution in [0.4, 0.5) is 0 Å². The molecule has 1 aromatic carbocycles. The Morgan fingerprint density at radius 1 is 1.04 bits per heavy atom. The first-order valence-corrected chi connectivity index (χ1v) is 9.21. The van der Waals surface area contributed by atoms with Crippen molar-refractivity contribution in [2.45, 2.75) is 32.7 Å². The molecule has 24 heavy (non-hydrogen) atoms. The van der Waals surface area contributed by atoms with Gasteiger partial charge in [0.2, 0.25) is 5.91 Å². The van der Waals surface area contributed by atoms with Gasteiger partial charge in [0.25, 0.3) is 0 Å². The van der Waals surface area contributed by atoms with Crippen LogP contribution in [0.25, 0.3) is 0 Å². The van der Waals surface area contributed by atoms with Crippen LogP contribution in [0.15, 0.2) is 24.3 Å². The quantitative estimate of drug-likeness (QED) is 0.830. The molecule has 0 aromatic heterocycles. The first-order chi connectivity index (χ1) is 11.5. The van der Waals surface area contributed by atoms with Crippen molar-refractivity contribution >= 4 is 5.91 Å². The van der Waals surface area contributed by atoms with Gasteiger partial charge in [0.1, 0.15) is 0 Å². The minimum absolute atomic E-state index is 0.0594. The summed E-state index contributed by atoms with van der Waals surface area (Å²) in [5.74, 6) is 0.416. The van der Waals surface area contributed by atoms with E-state index in [2.05, 4.69) is 60.0 Å². The number of rotatable bonds is 5. The fourth-order valence-electron chi connectivity index (χ4n) is 3.98. The lowest BCUT2D eigenvalue weighted by Gasteiger charge is -2.38. The standard InChI is InChI=1S/C20H31N3O/c1-17-4-6-18(7-5-17)16-22-11-8-20(9-12-22)10-13-23(19(20)24)15-14-21(2)3/h4-7H,8-16H2,1-3H3. The largest absolute Gasteiger partial charge is 0.341 e. The SMILES string of the molecule is Cc1ccc(CN2CCC3(CC2)CCN(CCN(C)C)C3=O)cc1. The number of likely N-dealkylation sites (N-methyl/N-ethyl adjacent to an activating group) is 1. The summed E-state index contributed by atoms with van der Waals surface area (Å²) in [4.78, 5) is 19.6. The van der Waals surface area contributed by atoms with Crippen LogP contribution < -0.4 is 0 Å². The van der Waals surface area contributed by atoms with Gasteiger partial charge < -0.3 is 9.80 Å². The maximum absolute atomic E-state index is 12.9. The second-order valence-electron chi connectivity index (χ2n) is 7.89. The van der Waals surface area contributed by atoms with Crippen molar-refractivity contribution in [1.29, 1.82) is 0 Å². The van der Waals surface area contributed by atoms with Crippen molar-refractivity contribution in [3.8, 4) is 0 Å². The molecule has 0 aliphatic carbocycles. The van der Waals surface area contributed by atoms with Gasteiger partial charge in [0.05, 0.1) is 5.41 Å². The van der Waals surface area contributed by atoms with Gasteiger partial charge in [-0.15, -0.1) is 0 Å². The third-order valence-electron chi connectivity index (χ3n) is 5.76. The summed E-state index contributed by atoms with van der Waals surface area (Å²) in [5, 5.41) is 0. The van der Waals surface area contributed by atoms with Crippen molar-refractivity contribution in [1.82, 2.24) is 14.7 Å².